The SMILES string of the molecule is Cc1cc(F)c(C(C)(C(=O)O)N2CCCNCC2)cc1F. The van der Waals surface area contributed by atoms with E-state index in [1.807, 2.05) is 0 Å². The zero-order chi connectivity index (χ0) is 15.6. The summed E-state index contributed by atoms with van der Waals surface area (Å²) in [6.07, 6.45) is 0.763. The summed E-state index contributed by atoms with van der Waals surface area (Å²) in [6.45, 7) is 5.29. The Bertz CT molecular complexity index is 543. The number of benzene rings is 1. The minimum atomic E-state index is -1.58. The fraction of sp³-hybridized carbons (Fsp3) is 0.533. The van der Waals surface area contributed by atoms with Crippen LogP contribution in [0.3, 0.4) is 0 Å². The summed E-state index contributed by atoms with van der Waals surface area (Å²) >= 11 is 0. The third kappa shape index (κ3) is 2.91. The fourth-order valence-corrected chi connectivity index (χ4v) is 2.73. The second-order valence-electron chi connectivity index (χ2n) is 5.55. The molecule has 6 heteroatoms. The second-order valence-corrected chi connectivity index (χ2v) is 5.55. The molecule has 0 amide bonds. The maximum atomic E-state index is 14.3. The van der Waals surface area contributed by atoms with Crippen LogP contribution in [-0.2, 0) is 10.3 Å². The van der Waals surface area contributed by atoms with Crippen molar-refractivity contribution in [2.75, 3.05) is 26.2 Å². The molecule has 1 saturated heterocycles. The van der Waals surface area contributed by atoms with E-state index in [-0.39, 0.29) is 11.1 Å². The van der Waals surface area contributed by atoms with Crippen LogP contribution in [0.2, 0.25) is 0 Å². The number of aryl methyl sites for hydroxylation is 1. The summed E-state index contributed by atoms with van der Waals surface area (Å²) in [5, 5.41) is 12.8. The maximum Gasteiger partial charge on any atom is 0.328 e. The summed E-state index contributed by atoms with van der Waals surface area (Å²) < 4.78 is 28.1. The second kappa shape index (κ2) is 6.07. The van der Waals surface area contributed by atoms with E-state index >= 15 is 0 Å². The Hall–Kier alpha value is -1.53. The van der Waals surface area contributed by atoms with Gasteiger partial charge in [0.15, 0.2) is 0 Å². The van der Waals surface area contributed by atoms with Crippen molar-refractivity contribution in [3.05, 3.63) is 34.9 Å². The van der Waals surface area contributed by atoms with Crippen LogP contribution in [0.1, 0.15) is 24.5 Å². The summed E-state index contributed by atoms with van der Waals surface area (Å²) in [5.74, 6) is -2.45. The molecular weight excluding hydrogens is 278 g/mol. The van der Waals surface area contributed by atoms with Crippen LogP contribution in [0.4, 0.5) is 8.78 Å². The molecule has 0 radical (unpaired) electrons. The van der Waals surface area contributed by atoms with Gasteiger partial charge < -0.3 is 10.4 Å². The molecular formula is C15H20F2N2O2. The number of hydrogen-bond donors (Lipinski definition) is 2. The smallest absolute Gasteiger partial charge is 0.328 e. The van der Waals surface area contributed by atoms with Crippen molar-refractivity contribution in [3.8, 4) is 0 Å². The van der Waals surface area contributed by atoms with Crippen molar-refractivity contribution < 1.29 is 18.7 Å². The van der Waals surface area contributed by atoms with Gasteiger partial charge in [-0.2, -0.15) is 0 Å². The summed E-state index contributed by atoms with van der Waals surface area (Å²) in [6, 6.07) is 2.07. The van der Waals surface area contributed by atoms with Gasteiger partial charge in [0.25, 0.3) is 0 Å². The predicted octanol–water partition coefficient (Wildman–Crippen LogP) is 1.87. The Morgan fingerprint density at radius 2 is 2.00 bits per heavy atom. The first-order valence-electron chi connectivity index (χ1n) is 7.02. The van der Waals surface area contributed by atoms with Gasteiger partial charge in [-0.25, -0.2) is 13.6 Å². The molecule has 1 fully saturated rings. The lowest BCUT2D eigenvalue weighted by molar-refractivity contribution is -0.151. The molecule has 0 aliphatic carbocycles. The van der Waals surface area contributed by atoms with Gasteiger partial charge in [0, 0.05) is 25.2 Å². The molecule has 0 bridgehead atoms. The number of nitrogens with one attached hydrogen (secondary N) is 1. The van der Waals surface area contributed by atoms with Crippen LogP contribution in [0, 0.1) is 18.6 Å². The summed E-state index contributed by atoms with van der Waals surface area (Å²) in [4.78, 5) is 13.5. The first-order chi connectivity index (χ1) is 9.87. The molecule has 1 aromatic carbocycles. The van der Waals surface area contributed by atoms with Crippen LogP contribution in [0.5, 0.6) is 0 Å². The fourth-order valence-electron chi connectivity index (χ4n) is 2.73. The lowest BCUT2D eigenvalue weighted by Gasteiger charge is -2.37. The minimum absolute atomic E-state index is 0.125. The van der Waals surface area contributed by atoms with Gasteiger partial charge in [0.05, 0.1) is 0 Å². The summed E-state index contributed by atoms with van der Waals surface area (Å²) in [7, 11) is 0. The van der Waals surface area contributed by atoms with E-state index < -0.39 is 23.1 Å². The average molecular weight is 298 g/mol. The highest BCUT2D eigenvalue weighted by molar-refractivity contribution is 5.80. The van der Waals surface area contributed by atoms with Crippen LogP contribution < -0.4 is 5.32 Å². The molecule has 1 aliphatic rings. The first kappa shape index (κ1) is 15.9. The zero-order valence-electron chi connectivity index (χ0n) is 12.2. The van der Waals surface area contributed by atoms with Crippen LogP contribution >= 0.6 is 0 Å². The number of carbonyl (C=O) groups is 1. The topological polar surface area (TPSA) is 52.6 Å². The molecule has 1 aromatic rings. The average Bonchev–Trinajstić information content (AvgIpc) is 2.71. The number of aliphatic carboxylic acids is 1. The molecule has 0 aromatic heterocycles. The Morgan fingerprint density at radius 3 is 2.67 bits per heavy atom. The monoisotopic (exact) mass is 298 g/mol. The van der Waals surface area contributed by atoms with Crippen LogP contribution in [0.15, 0.2) is 12.1 Å². The number of hydrogen-bond acceptors (Lipinski definition) is 3. The molecule has 116 valence electrons. The highest BCUT2D eigenvalue weighted by Crippen LogP contribution is 2.32. The molecule has 1 aliphatic heterocycles. The number of rotatable bonds is 3. The van der Waals surface area contributed by atoms with E-state index in [1.54, 1.807) is 4.90 Å². The van der Waals surface area contributed by atoms with Crippen molar-refractivity contribution in [2.45, 2.75) is 25.8 Å². The van der Waals surface area contributed by atoms with E-state index in [2.05, 4.69) is 5.32 Å². The first-order valence-corrected chi connectivity index (χ1v) is 7.02. The van der Waals surface area contributed by atoms with Crippen LogP contribution in [0.25, 0.3) is 0 Å². The number of carboxylic acids is 1. The van der Waals surface area contributed by atoms with Gasteiger partial charge in [0.1, 0.15) is 17.2 Å². The maximum absolute atomic E-state index is 14.3. The van der Waals surface area contributed by atoms with E-state index in [4.69, 9.17) is 0 Å². The highest BCUT2D eigenvalue weighted by Gasteiger charge is 2.43. The highest BCUT2D eigenvalue weighted by atomic mass is 19.1. The number of carboxylic acid groups (broad SMARTS) is 1. The molecule has 4 nitrogen and oxygen atoms in total. The van der Waals surface area contributed by atoms with Gasteiger partial charge in [-0.05, 0) is 44.5 Å². The number of nitrogens with zero attached hydrogens (tertiary/aromatic N) is 1. The Labute approximate surface area is 122 Å². The quantitative estimate of drug-likeness (QED) is 0.894. The Morgan fingerprint density at radius 1 is 1.29 bits per heavy atom. The Balaban J connectivity index is 2.51. The minimum Gasteiger partial charge on any atom is -0.480 e. The van der Waals surface area contributed by atoms with Crippen molar-refractivity contribution >= 4 is 5.97 Å². The third-order valence-electron chi connectivity index (χ3n) is 4.16. The third-order valence-corrected chi connectivity index (χ3v) is 4.16. The van der Waals surface area contributed by atoms with E-state index in [0.717, 1.165) is 25.1 Å². The van der Waals surface area contributed by atoms with E-state index in [9.17, 15) is 18.7 Å². The standard InChI is InChI=1S/C15H20F2N2O2/c1-10-8-13(17)11(9-12(10)16)15(2,14(20)21)19-6-3-4-18-5-7-19/h8-9,18H,3-7H2,1-2H3,(H,20,21). The molecule has 0 saturated carbocycles. The van der Waals surface area contributed by atoms with Gasteiger partial charge >= 0.3 is 5.97 Å². The summed E-state index contributed by atoms with van der Waals surface area (Å²) in [5.41, 5.74) is -1.54. The van der Waals surface area contributed by atoms with Gasteiger partial charge in [-0.15, -0.1) is 0 Å². The van der Waals surface area contributed by atoms with Crippen molar-refractivity contribution in [2.24, 2.45) is 0 Å². The molecule has 21 heavy (non-hydrogen) atoms. The molecule has 1 atom stereocenters. The van der Waals surface area contributed by atoms with Gasteiger partial charge in [-0.3, -0.25) is 4.90 Å². The van der Waals surface area contributed by atoms with Crippen molar-refractivity contribution in [1.29, 1.82) is 0 Å². The van der Waals surface area contributed by atoms with Crippen molar-refractivity contribution in [1.82, 2.24) is 10.2 Å². The van der Waals surface area contributed by atoms with Gasteiger partial charge in [0.2, 0.25) is 0 Å². The van der Waals surface area contributed by atoms with Gasteiger partial charge in [-0.1, -0.05) is 0 Å². The van der Waals surface area contributed by atoms with E-state index in [1.165, 1.54) is 13.8 Å². The molecule has 0 spiro atoms. The number of halogens is 2. The molecule has 1 heterocycles. The van der Waals surface area contributed by atoms with Crippen molar-refractivity contribution in [3.63, 3.8) is 0 Å². The Kier molecular flexibility index (Phi) is 4.58. The largest absolute Gasteiger partial charge is 0.480 e. The normalized spacial score (nSPS) is 19.8. The molecule has 2 rings (SSSR count). The lowest BCUT2D eigenvalue weighted by Crippen LogP contribution is -2.51. The van der Waals surface area contributed by atoms with E-state index in [0.29, 0.717) is 19.6 Å². The molecule has 1 unspecified atom stereocenters. The zero-order valence-corrected chi connectivity index (χ0v) is 12.2. The predicted molar refractivity (Wildman–Crippen MR) is 75.1 cm³/mol. The van der Waals surface area contributed by atoms with Crippen LogP contribution in [-0.4, -0.2) is 42.2 Å². The lowest BCUT2D eigenvalue weighted by atomic mass is 9.88. The molecule has 2 N–H and O–H groups in total.